The zero-order valence-electron chi connectivity index (χ0n) is 23.5. The number of rotatable bonds is 10. The number of halogens is 1. The van der Waals surface area contributed by atoms with Crippen LogP contribution in [0.25, 0.3) is 22.5 Å². The fourth-order valence-corrected chi connectivity index (χ4v) is 5.73. The van der Waals surface area contributed by atoms with Crippen LogP contribution in [-0.4, -0.2) is 32.8 Å². The first-order valence-corrected chi connectivity index (χ1v) is 14.4. The zero-order valence-corrected chi connectivity index (χ0v) is 25.1. The van der Waals surface area contributed by atoms with Gasteiger partial charge in [-0.2, -0.15) is 0 Å². The highest BCUT2D eigenvalue weighted by Gasteiger charge is 2.33. The van der Waals surface area contributed by atoms with E-state index in [1.807, 2.05) is 86.6 Å². The highest BCUT2D eigenvalue weighted by molar-refractivity contribution is 9.10. The van der Waals surface area contributed by atoms with E-state index >= 15 is 0 Å². The number of benzene rings is 3. The van der Waals surface area contributed by atoms with Gasteiger partial charge in [0, 0.05) is 20.0 Å². The van der Waals surface area contributed by atoms with Gasteiger partial charge in [-0.1, -0.05) is 67.6 Å². The number of aryl methyl sites for hydroxylation is 2. The molecule has 8 nitrogen and oxygen atoms in total. The van der Waals surface area contributed by atoms with Gasteiger partial charge in [-0.15, -0.1) is 0 Å². The quantitative estimate of drug-likeness (QED) is 0.195. The maximum atomic E-state index is 14.0. The first-order chi connectivity index (χ1) is 19.8. The maximum absolute atomic E-state index is 14.0. The molecule has 2 N–H and O–H groups in total. The Balaban J connectivity index is 1.87. The number of H-pyrrole nitrogens is 2. The van der Waals surface area contributed by atoms with Crippen molar-refractivity contribution in [1.82, 2.24) is 19.6 Å². The van der Waals surface area contributed by atoms with E-state index in [-0.39, 0.29) is 11.1 Å². The molecule has 0 aliphatic heterocycles. The molecule has 0 fully saturated rings. The molecule has 3 aromatic carbocycles. The molecule has 0 saturated carbocycles. The molecule has 0 aliphatic rings. The smallest absolute Gasteiger partial charge is 0.271 e. The second-order valence-electron chi connectivity index (χ2n) is 9.81. The SMILES string of the molecule is CCCOc1c(Br)cc(C(c2c(-c3ccccc3)[nH]n(C)c2=O)c2c(-c3ccccc3)[nH]n(C)c2=O)cc1OCC. The van der Waals surface area contributed by atoms with Crippen molar-refractivity contribution in [2.45, 2.75) is 26.2 Å². The number of nitrogens with one attached hydrogen (secondary N) is 2. The van der Waals surface area contributed by atoms with Crippen molar-refractivity contribution >= 4 is 15.9 Å². The Kier molecular flexibility index (Phi) is 8.35. The predicted molar refractivity (Wildman–Crippen MR) is 165 cm³/mol. The molecule has 0 amide bonds. The Morgan fingerprint density at radius 2 is 1.29 bits per heavy atom. The van der Waals surface area contributed by atoms with E-state index in [1.165, 1.54) is 9.36 Å². The van der Waals surface area contributed by atoms with Gasteiger partial charge in [0.15, 0.2) is 11.5 Å². The van der Waals surface area contributed by atoms with Crippen molar-refractivity contribution in [2.24, 2.45) is 14.1 Å². The molecule has 212 valence electrons. The third-order valence-corrected chi connectivity index (χ3v) is 7.57. The maximum Gasteiger partial charge on any atom is 0.271 e. The van der Waals surface area contributed by atoms with Gasteiger partial charge in [0.05, 0.1) is 40.2 Å². The van der Waals surface area contributed by atoms with Crippen LogP contribution in [0.15, 0.2) is 86.9 Å². The summed E-state index contributed by atoms with van der Waals surface area (Å²) in [4.78, 5) is 27.9. The van der Waals surface area contributed by atoms with E-state index in [2.05, 4.69) is 26.1 Å². The van der Waals surface area contributed by atoms with Crippen molar-refractivity contribution in [3.05, 3.63) is 115 Å². The monoisotopic (exact) mass is 616 g/mol. The lowest BCUT2D eigenvalue weighted by Gasteiger charge is -2.21. The molecule has 0 radical (unpaired) electrons. The van der Waals surface area contributed by atoms with Gasteiger partial charge in [-0.25, -0.2) is 0 Å². The van der Waals surface area contributed by atoms with E-state index in [0.717, 1.165) is 17.5 Å². The van der Waals surface area contributed by atoms with Crippen molar-refractivity contribution in [1.29, 1.82) is 0 Å². The molecule has 0 aliphatic carbocycles. The molecule has 0 bridgehead atoms. The van der Waals surface area contributed by atoms with Gasteiger partial charge in [0.1, 0.15) is 0 Å². The van der Waals surface area contributed by atoms with Gasteiger partial charge in [-0.3, -0.25) is 29.2 Å². The van der Waals surface area contributed by atoms with Crippen LogP contribution in [0, 0.1) is 0 Å². The molecular weight excluding hydrogens is 584 g/mol. The van der Waals surface area contributed by atoms with Crippen molar-refractivity contribution in [3.8, 4) is 34.0 Å². The lowest BCUT2D eigenvalue weighted by Crippen LogP contribution is -2.24. The molecule has 2 aromatic heterocycles. The highest BCUT2D eigenvalue weighted by atomic mass is 79.9. The van der Waals surface area contributed by atoms with E-state index in [1.54, 1.807) is 14.1 Å². The van der Waals surface area contributed by atoms with Gasteiger partial charge in [-0.05, 0) is 58.1 Å². The van der Waals surface area contributed by atoms with Crippen molar-refractivity contribution in [3.63, 3.8) is 0 Å². The molecule has 0 unspecified atom stereocenters. The zero-order chi connectivity index (χ0) is 29.1. The summed E-state index contributed by atoms with van der Waals surface area (Å²) in [6.45, 7) is 4.89. The number of aromatic amines is 2. The van der Waals surface area contributed by atoms with Crippen LogP contribution in [0.5, 0.6) is 11.5 Å². The minimum Gasteiger partial charge on any atom is -0.490 e. The molecular formula is C32H33BrN4O4. The number of hydrogen-bond donors (Lipinski definition) is 2. The standard InChI is InChI=1S/C32H33BrN4O4/c1-5-17-41-30-23(33)18-22(19-24(30)40-6-2)25(26-28(34-36(3)31(26)38)20-13-9-7-10-14-20)27-29(35-37(4)32(27)39)21-15-11-8-12-16-21/h7-16,18-19,25,34-35H,5-6,17H2,1-4H3. The topological polar surface area (TPSA) is 94.0 Å². The molecule has 0 atom stereocenters. The Morgan fingerprint density at radius 1 is 0.780 bits per heavy atom. The largest absolute Gasteiger partial charge is 0.490 e. The van der Waals surface area contributed by atoms with Crippen LogP contribution < -0.4 is 20.6 Å². The van der Waals surface area contributed by atoms with Crippen LogP contribution in [0.4, 0.5) is 0 Å². The summed E-state index contributed by atoms with van der Waals surface area (Å²) >= 11 is 3.70. The third-order valence-electron chi connectivity index (χ3n) is 6.99. The third kappa shape index (κ3) is 5.41. The Labute approximate surface area is 246 Å². The second-order valence-corrected chi connectivity index (χ2v) is 10.7. The minimum absolute atomic E-state index is 0.225. The summed E-state index contributed by atoms with van der Waals surface area (Å²) in [5.41, 5.74) is 4.15. The second kappa shape index (κ2) is 12.1. The van der Waals surface area contributed by atoms with Crippen molar-refractivity contribution in [2.75, 3.05) is 13.2 Å². The van der Waals surface area contributed by atoms with Crippen LogP contribution in [0.3, 0.4) is 0 Å². The Morgan fingerprint density at radius 3 is 1.76 bits per heavy atom. The lowest BCUT2D eigenvalue weighted by molar-refractivity contribution is 0.275. The molecule has 5 aromatic rings. The molecule has 5 rings (SSSR count). The predicted octanol–water partition coefficient (Wildman–Crippen LogP) is 6.20. The fraction of sp³-hybridized carbons (Fsp3) is 0.250. The van der Waals surface area contributed by atoms with Gasteiger partial charge in [0.2, 0.25) is 0 Å². The highest BCUT2D eigenvalue weighted by Crippen LogP contribution is 2.44. The molecule has 2 heterocycles. The normalized spacial score (nSPS) is 11.3. The van der Waals surface area contributed by atoms with Gasteiger partial charge in [0.25, 0.3) is 11.1 Å². The van der Waals surface area contributed by atoms with E-state index in [9.17, 15) is 9.59 Å². The summed E-state index contributed by atoms with van der Waals surface area (Å²) in [6, 6.07) is 23.1. The van der Waals surface area contributed by atoms with E-state index < -0.39 is 5.92 Å². The molecule has 41 heavy (non-hydrogen) atoms. The Bertz CT molecular complexity index is 1670. The van der Waals surface area contributed by atoms with Crippen LogP contribution in [0.2, 0.25) is 0 Å². The van der Waals surface area contributed by atoms with Crippen LogP contribution in [0.1, 0.15) is 42.9 Å². The number of nitrogens with zero attached hydrogens (tertiary/aromatic N) is 2. The van der Waals surface area contributed by atoms with Crippen molar-refractivity contribution < 1.29 is 9.47 Å². The van der Waals surface area contributed by atoms with Crippen LogP contribution >= 0.6 is 15.9 Å². The summed E-state index contributed by atoms with van der Waals surface area (Å²) in [5, 5.41) is 6.49. The molecule has 0 saturated heterocycles. The fourth-order valence-electron chi connectivity index (χ4n) is 5.16. The average Bonchev–Trinajstić information content (AvgIpc) is 3.44. The number of aromatic nitrogens is 4. The van der Waals surface area contributed by atoms with Crippen LogP contribution in [-0.2, 0) is 14.1 Å². The summed E-state index contributed by atoms with van der Waals surface area (Å²) < 4.78 is 15.7. The van der Waals surface area contributed by atoms with Gasteiger partial charge < -0.3 is 9.47 Å². The number of hydrogen-bond acceptors (Lipinski definition) is 4. The summed E-state index contributed by atoms with van der Waals surface area (Å²) in [7, 11) is 3.37. The molecule has 0 spiro atoms. The minimum atomic E-state index is -0.744. The summed E-state index contributed by atoms with van der Waals surface area (Å²) in [6.07, 6.45) is 0.835. The average molecular weight is 618 g/mol. The van der Waals surface area contributed by atoms with E-state index in [0.29, 0.717) is 57.3 Å². The van der Waals surface area contributed by atoms with Gasteiger partial charge >= 0.3 is 0 Å². The first kappa shape index (κ1) is 28.3. The Hall–Kier alpha value is -4.24. The first-order valence-electron chi connectivity index (χ1n) is 13.6. The summed E-state index contributed by atoms with van der Waals surface area (Å²) in [5.74, 6) is 0.385. The van der Waals surface area contributed by atoms with E-state index in [4.69, 9.17) is 9.47 Å². The lowest BCUT2D eigenvalue weighted by atomic mass is 9.83. The number of ether oxygens (including phenoxy) is 2. The molecule has 9 heteroatoms.